The van der Waals surface area contributed by atoms with Crippen LogP contribution in [0.5, 0.6) is 0 Å². The molecule has 11 heteroatoms. The lowest BCUT2D eigenvalue weighted by Gasteiger charge is -2.14. The number of nitrogens with one attached hydrogen (secondary N) is 2. The van der Waals surface area contributed by atoms with Crippen molar-refractivity contribution < 1.29 is 17.7 Å². The zero-order valence-corrected chi connectivity index (χ0v) is 13.8. The molecule has 2 N–H and O–H groups in total. The van der Waals surface area contributed by atoms with E-state index in [1.54, 1.807) is 12.1 Å². The molecule has 130 valence electrons. The molecular formula is C14H9ClF3N5OS. The zero-order valence-electron chi connectivity index (χ0n) is 12.2. The molecule has 0 aliphatic heterocycles. The van der Waals surface area contributed by atoms with Crippen molar-refractivity contribution in [2.75, 3.05) is 5.32 Å². The summed E-state index contributed by atoms with van der Waals surface area (Å²) < 4.78 is 51.3. The van der Waals surface area contributed by atoms with E-state index >= 15 is 0 Å². The fourth-order valence-corrected chi connectivity index (χ4v) is 3.28. The van der Waals surface area contributed by atoms with Crippen LogP contribution in [0, 0.1) is 0 Å². The van der Waals surface area contributed by atoms with Gasteiger partial charge < -0.3 is 9.87 Å². The predicted octanol–water partition coefficient (Wildman–Crippen LogP) is 3.78. The molecule has 0 aliphatic rings. The summed E-state index contributed by atoms with van der Waals surface area (Å²) in [5.74, 6) is 0.321. The molecule has 0 saturated carbocycles. The highest BCUT2D eigenvalue weighted by molar-refractivity contribution is 7.91. The predicted molar refractivity (Wildman–Crippen MR) is 85.0 cm³/mol. The molecule has 0 aliphatic carbocycles. The van der Waals surface area contributed by atoms with Crippen LogP contribution < -0.4 is 5.32 Å². The Morgan fingerprint density at radius 1 is 1.08 bits per heavy atom. The molecule has 1 heterocycles. The Morgan fingerprint density at radius 3 is 2.36 bits per heavy atom. The molecule has 0 spiro atoms. The van der Waals surface area contributed by atoms with Crippen LogP contribution in [0.4, 0.5) is 24.8 Å². The minimum Gasteiger partial charge on any atom is -0.606 e. The van der Waals surface area contributed by atoms with E-state index in [4.69, 9.17) is 11.6 Å². The van der Waals surface area contributed by atoms with Crippen molar-refractivity contribution in [3.63, 3.8) is 0 Å². The van der Waals surface area contributed by atoms with Gasteiger partial charge in [-0.2, -0.15) is 13.2 Å². The molecule has 3 rings (SSSR count). The number of rotatable bonds is 4. The van der Waals surface area contributed by atoms with Crippen LogP contribution in [0.3, 0.4) is 0 Å². The van der Waals surface area contributed by atoms with Gasteiger partial charge in [-0.25, -0.2) is 5.10 Å². The lowest BCUT2D eigenvalue weighted by Crippen LogP contribution is -2.09. The quantitative estimate of drug-likeness (QED) is 0.665. The molecule has 25 heavy (non-hydrogen) atoms. The van der Waals surface area contributed by atoms with Crippen LogP contribution in [-0.2, 0) is 17.4 Å². The number of benzene rings is 2. The van der Waals surface area contributed by atoms with Crippen molar-refractivity contribution in [2.45, 2.75) is 16.0 Å². The molecule has 1 aromatic heterocycles. The van der Waals surface area contributed by atoms with Crippen molar-refractivity contribution in [3.05, 3.63) is 53.1 Å². The fraction of sp³-hybridized carbons (Fsp3) is 0.0714. The fourth-order valence-electron chi connectivity index (χ4n) is 1.98. The number of tetrazole rings is 1. The highest BCUT2D eigenvalue weighted by Gasteiger charge is 2.34. The van der Waals surface area contributed by atoms with E-state index in [2.05, 4.69) is 25.9 Å². The Bertz CT molecular complexity index is 858. The van der Waals surface area contributed by atoms with Crippen molar-refractivity contribution in [2.24, 2.45) is 0 Å². The zero-order chi connectivity index (χ0) is 18.0. The van der Waals surface area contributed by atoms with Gasteiger partial charge in [-0.3, -0.25) is 0 Å². The summed E-state index contributed by atoms with van der Waals surface area (Å²) in [5.41, 5.74) is -0.400. The molecule has 1 unspecified atom stereocenters. The van der Waals surface area contributed by atoms with E-state index in [1.165, 1.54) is 18.2 Å². The first-order valence-corrected chi connectivity index (χ1v) is 8.27. The Labute approximate surface area is 147 Å². The summed E-state index contributed by atoms with van der Waals surface area (Å²) >= 11 is 3.79. The maximum absolute atomic E-state index is 12.9. The molecule has 0 fully saturated rings. The number of halogens is 4. The number of H-pyrrole nitrogens is 1. The van der Waals surface area contributed by atoms with Crippen molar-refractivity contribution in [1.29, 1.82) is 0 Å². The second-order valence-corrected chi connectivity index (χ2v) is 6.69. The van der Waals surface area contributed by atoms with Gasteiger partial charge in [-0.05, 0) is 46.8 Å². The first-order valence-electron chi connectivity index (χ1n) is 6.74. The van der Waals surface area contributed by atoms with E-state index < -0.39 is 27.9 Å². The van der Waals surface area contributed by atoms with Crippen LogP contribution in [0.2, 0.25) is 5.02 Å². The normalized spacial score (nSPS) is 12.8. The first-order chi connectivity index (χ1) is 11.8. The average Bonchev–Trinajstić information content (AvgIpc) is 3.07. The molecule has 0 saturated heterocycles. The summed E-state index contributed by atoms with van der Waals surface area (Å²) in [7, 11) is 0. The largest absolute Gasteiger partial charge is 0.606 e. The third kappa shape index (κ3) is 4.03. The van der Waals surface area contributed by atoms with Crippen LogP contribution in [0.15, 0.2) is 52.3 Å². The van der Waals surface area contributed by atoms with Gasteiger partial charge in [0.1, 0.15) is 0 Å². The maximum Gasteiger partial charge on any atom is 0.418 e. The van der Waals surface area contributed by atoms with Crippen molar-refractivity contribution in [3.8, 4) is 0 Å². The van der Waals surface area contributed by atoms with E-state index in [0.717, 1.165) is 12.1 Å². The summed E-state index contributed by atoms with van der Waals surface area (Å²) in [4.78, 5) is 0.355. The minimum atomic E-state index is -4.61. The monoisotopic (exact) mass is 387 g/mol. The second kappa shape index (κ2) is 6.90. The lowest BCUT2D eigenvalue weighted by molar-refractivity contribution is -0.137. The van der Waals surface area contributed by atoms with Gasteiger partial charge in [0.25, 0.3) is 0 Å². The standard InChI is InChI=1S/C14H9ClF3N5OS/c15-12-6-5-10(7-11(12)14(16,17)18)25(24)9-3-1-8(2-4-9)19-13-20-22-23-21-13/h1-7H,(H2,19,20,21,22,23). The third-order valence-corrected chi connectivity index (χ3v) is 4.85. The van der Waals surface area contributed by atoms with Gasteiger partial charge in [-0.1, -0.05) is 16.7 Å². The topological polar surface area (TPSA) is 89.5 Å². The first kappa shape index (κ1) is 17.5. The van der Waals surface area contributed by atoms with Crippen molar-refractivity contribution >= 4 is 34.4 Å². The molecular weight excluding hydrogens is 379 g/mol. The summed E-state index contributed by atoms with van der Waals surface area (Å²) in [6, 6.07) is 9.47. The number of aromatic amines is 1. The van der Waals surface area contributed by atoms with Crippen molar-refractivity contribution in [1.82, 2.24) is 20.6 Å². The van der Waals surface area contributed by atoms with E-state index in [0.29, 0.717) is 16.5 Å². The Kier molecular flexibility index (Phi) is 4.84. The van der Waals surface area contributed by atoms with E-state index in [-0.39, 0.29) is 4.90 Å². The highest BCUT2D eigenvalue weighted by atomic mass is 35.5. The number of hydrogen-bond donors (Lipinski definition) is 2. The molecule has 3 aromatic rings. The van der Waals surface area contributed by atoms with Crippen LogP contribution in [0.25, 0.3) is 0 Å². The smallest absolute Gasteiger partial charge is 0.418 e. The number of hydrogen-bond acceptors (Lipinski definition) is 5. The van der Waals surface area contributed by atoms with Gasteiger partial charge >= 0.3 is 6.18 Å². The summed E-state index contributed by atoms with van der Waals surface area (Å²) in [6.45, 7) is 0. The average molecular weight is 388 g/mol. The molecule has 6 nitrogen and oxygen atoms in total. The minimum absolute atomic E-state index is 0.0110. The van der Waals surface area contributed by atoms with Gasteiger partial charge in [-0.15, -0.1) is 0 Å². The molecule has 0 bridgehead atoms. The number of anilines is 2. The Hall–Kier alpha value is -2.30. The van der Waals surface area contributed by atoms with E-state index in [1.807, 2.05) is 0 Å². The highest BCUT2D eigenvalue weighted by Crippen LogP contribution is 2.37. The SMILES string of the molecule is [O-][S+](c1ccc(Nc2nnn[nH]2)cc1)c1ccc(Cl)c(C(F)(F)F)c1. The second-order valence-electron chi connectivity index (χ2n) is 4.81. The number of nitrogens with zero attached hydrogens (tertiary/aromatic N) is 3. The van der Waals surface area contributed by atoms with Crippen LogP contribution >= 0.6 is 11.6 Å². The van der Waals surface area contributed by atoms with Crippen LogP contribution in [-0.4, -0.2) is 25.2 Å². The molecule has 1 atom stereocenters. The number of aromatic nitrogens is 4. The number of alkyl halides is 3. The molecule has 0 radical (unpaired) electrons. The summed E-state index contributed by atoms with van der Waals surface area (Å²) in [5, 5.41) is 15.4. The van der Waals surface area contributed by atoms with Gasteiger partial charge in [0.05, 0.1) is 10.6 Å². The Morgan fingerprint density at radius 2 is 1.76 bits per heavy atom. The van der Waals surface area contributed by atoms with Crippen LogP contribution in [0.1, 0.15) is 5.56 Å². The molecule has 0 amide bonds. The van der Waals surface area contributed by atoms with Gasteiger partial charge in [0.2, 0.25) is 5.95 Å². The summed E-state index contributed by atoms with van der Waals surface area (Å²) in [6.07, 6.45) is -4.61. The third-order valence-electron chi connectivity index (χ3n) is 3.13. The molecule has 2 aromatic carbocycles. The van der Waals surface area contributed by atoms with Gasteiger partial charge in [0.15, 0.2) is 9.79 Å². The lowest BCUT2D eigenvalue weighted by atomic mass is 10.2. The Balaban J connectivity index is 1.82. The van der Waals surface area contributed by atoms with Gasteiger partial charge in [0, 0.05) is 22.9 Å². The van der Waals surface area contributed by atoms with E-state index in [9.17, 15) is 17.7 Å². The maximum atomic E-state index is 12.9.